The van der Waals surface area contributed by atoms with Gasteiger partial charge in [-0.25, -0.2) is 4.98 Å². The summed E-state index contributed by atoms with van der Waals surface area (Å²) in [5.41, 5.74) is 1.65. The molecular weight excluding hydrogens is 270 g/mol. The number of hydrogen-bond donors (Lipinski definition) is 1. The van der Waals surface area contributed by atoms with Crippen molar-refractivity contribution in [2.45, 2.75) is 16.7 Å². The van der Waals surface area contributed by atoms with E-state index in [0.717, 1.165) is 30.5 Å². The van der Waals surface area contributed by atoms with Crippen LogP contribution in [0, 0.1) is 0 Å². The maximum atomic E-state index is 12.3. The normalized spacial score (nSPS) is 20.6. The Morgan fingerprint density at radius 1 is 1.28 bits per heavy atom. The van der Waals surface area contributed by atoms with Crippen molar-refractivity contribution in [2.75, 3.05) is 13.1 Å². The van der Waals surface area contributed by atoms with Crippen molar-refractivity contribution in [1.29, 1.82) is 0 Å². The number of nitrogens with one attached hydrogen (secondary N) is 1. The average Bonchev–Trinajstić information content (AvgIpc) is 2.91. The van der Waals surface area contributed by atoms with Gasteiger partial charge < -0.3 is 5.32 Å². The standard InChI is InChI=1S/C12H13N3OS.ClH/c16-17(9-5-6-13-7-9)12-8-14-10-3-1-2-4-11(10)15-12;/h1-4,8-9,13H,5-7H2;1H/t9-,17+;/m1./s1. The predicted molar refractivity (Wildman–Crippen MR) is 74.5 cm³/mol. The minimum atomic E-state index is -1.05. The lowest BCUT2D eigenvalue weighted by Gasteiger charge is -2.07. The average molecular weight is 284 g/mol. The van der Waals surface area contributed by atoms with Gasteiger partial charge in [-0.2, -0.15) is 0 Å². The van der Waals surface area contributed by atoms with Crippen LogP contribution in [0.3, 0.4) is 0 Å². The van der Waals surface area contributed by atoms with E-state index in [1.54, 1.807) is 6.20 Å². The Bertz CT molecular complexity index is 572. The zero-order chi connectivity index (χ0) is 11.7. The molecule has 4 nitrogen and oxygen atoms in total. The number of hydrogen-bond acceptors (Lipinski definition) is 4. The van der Waals surface area contributed by atoms with Crippen LogP contribution in [-0.2, 0) is 10.8 Å². The summed E-state index contributed by atoms with van der Waals surface area (Å²) in [4.78, 5) is 8.73. The van der Waals surface area contributed by atoms with E-state index >= 15 is 0 Å². The van der Waals surface area contributed by atoms with Gasteiger partial charge in [-0.05, 0) is 25.1 Å². The van der Waals surface area contributed by atoms with Crippen molar-refractivity contribution in [3.05, 3.63) is 30.5 Å². The van der Waals surface area contributed by atoms with Crippen LogP contribution in [0.5, 0.6) is 0 Å². The molecule has 1 saturated heterocycles. The summed E-state index contributed by atoms with van der Waals surface area (Å²) in [6.45, 7) is 1.75. The minimum absolute atomic E-state index is 0. The van der Waals surface area contributed by atoms with Gasteiger partial charge in [0.05, 0.1) is 33.3 Å². The van der Waals surface area contributed by atoms with Gasteiger partial charge in [0.25, 0.3) is 0 Å². The first-order valence-corrected chi connectivity index (χ1v) is 6.89. The van der Waals surface area contributed by atoms with Crippen LogP contribution in [0.1, 0.15) is 6.42 Å². The molecule has 0 saturated carbocycles. The lowest BCUT2D eigenvalue weighted by molar-refractivity contribution is 0.669. The zero-order valence-electron chi connectivity index (χ0n) is 9.70. The van der Waals surface area contributed by atoms with E-state index in [1.165, 1.54) is 0 Å². The summed E-state index contributed by atoms with van der Waals surface area (Å²) >= 11 is 0. The highest BCUT2D eigenvalue weighted by Gasteiger charge is 2.23. The topological polar surface area (TPSA) is 54.9 Å². The molecule has 0 radical (unpaired) electrons. The summed E-state index contributed by atoms with van der Waals surface area (Å²) < 4.78 is 12.3. The first-order chi connectivity index (χ1) is 8.34. The Labute approximate surface area is 114 Å². The van der Waals surface area contributed by atoms with Gasteiger partial charge >= 0.3 is 0 Å². The van der Waals surface area contributed by atoms with E-state index < -0.39 is 10.8 Å². The second-order valence-electron chi connectivity index (χ2n) is 4.11. The van der Waals surface area contributed by atoms with Crippen LogP contribution in [0.15, 0.2) is 35.5 Å². The number of benzene rings is 1. The van der Waals surface area contributed by atoms with E-state index in [2.05, 4.69) is 15.3 Å². The van der Waals surface area contributed by atoms with Gasteiger partial charge in [0.15, 0.2) is 0 Å². The Morgan fingerprint density at radius 3 is 2.78 bits per heavy atom. The molecular formula is C12H14ClN3OS. The van der Waals surface area contributed by atoms with Crippen LogP contribution < -0.4 is 5.32 Å². The van der Waals surface area contributed by atoms with Crippen LogP contribution >= 0.6 is 12.4 Å². The van der Waals surface area contributed by atoms with Gasteiger partial charge in [-0.3, -0.25) is 9.19 Å². The third kappa shape index (κ3) is 2.53. The maximum absolute atomic E-state index is 12.3. The van der Waals surface area contributed by atoms with Gasteiger partial charge in [0.2, 0.25) is 0 Å². The van der Waals surface area contributed by atoms with Gasteiger partial charge in [0, 0.05) is 6.54 Å². The Hall–Kier alpha value is -1.04. The van der Waals surface area contributed by atoms with E-state index in [4.69, 9.17) is 0 Å². The molecule has 3 rings (SSSR count). The number of halogens is 1. The smallest absolute Gasteiger partial charge is 0.146 e. The largest absolute Gasteiger partial charge is 0.315 e. The van der Waals surface area contributed by atoms with Crippen molar-refractivity contribution in [3.63, 3.8) is 0 Å². The molecule has 0 spiro atoms. The van der Waals surface area contributed by atoms with Crippen molar-refractivity contribution in [1.82, 2.24) is 15.3 Å². The first kappa shape index (κ1) is 13.4. The van der Waals surface area contributed by atoms with Crippen LogP contribution in [0.2, 0.25) is 0 Å². The molecule has 18 heavy (non-hydrogen) atoms. The molecule has 0 aliphatic carbocycles. The monoisotopic (exact) mass is 283 g/mol. The molecule has 0 bridgehead atoms. The van der Waals surface area contributed by atoms with Gasteiger partial charge in [-0.1, -0.05) is 12.1 Å². The lowest BCUT2D eigenvalue weighted by Crippen LogP contribution is -2.19. The van der Waals surface area contributed by atoms with Gasteiger partial charge in [0.1, 0.15) is 5.03 Å². The van der Waals surface area contributed by atoms with Crippen LogP contribution in [-0.4, -0.2) is 32.5 Å². The SMILES string of the molecule is Cl.O=[S@](c1cnc2ccccc2n1)[C@@H]1CCNC1. The molecule has 2 atom stereocenters. The molecule has 1 aromatic carbocycles. The highest BCUT2D eigenvalue weighted by atomic mass is 35.5. The summed E-state index contributed by atoms with van der Waals surface area (Å²) in [6.07, 6.45) is 2.58. The molecule has 1 aliphatic rings. The quantitative estimate of drug-likeness (QED) is 0.908. The first-order valence-electron chi connectivity index (χ1n) is 5.68. The Morgan fingerprint density at radius 2 is 2.06 bits per heavy atom. The Kier molecular flexibility index (Phi) is 4.27. The van der Waals surface area contributed by atoms with E-state index in [1.807, 2.05) is 24.3 Å². The second-order valence-corrected chi connectivity index (χ2v) is 5.79. The fourth-order valence-corrected chi connectivity index (χ4v) is 3.31. The number of para-hydroxylation sites is 2. The third-order valence-electron chi connectivity index (χ3n) is 2.95. The van der Waals surface area contributed by atoms with Gasteiger partial charge in [-0.15, -0.1) is 12.4 Å². The van der Waals surface area contributed by atoms with E-state index in [9.17, 15) is 4.21 Å². The van der Waals surface area contributed by atoms with Crippen molar-refractivity contribution >= 4 is 34.2 Å². The van der Waals surface area contributed by atoms with Crippen molar-refractivity contribution in [3.8, 4) is 0 Å². The highest BCUT2D eigenvalue weighted by Crippen LogP contribution is 2.16. The minimum Gasteiger partial charge on any atom is -0.315 e. The molecule has 2 heterocycles. The fraction of sp³-hybridized carbons (Fsp3) is 0.333. The summed E-state index contributed by atoms with van der Waals surface area (Å²) in [5, 5.41) is 3.99. The third-order valence-corrected chi connectivity index (χ3v) is 4.57. The molecule has 0 unspecified atom stereocenters. The molecule has 1 aromatic heterocycles. The number of rotatable bonds is 2. The summed E-state index contributed by atoms with van der Waals surface area (Å²) in [5.74, 6) is 0. The summed E-state index contributed by atoms with van der Waals surface area (Å²) in [7, 11) is -1.05. The molecule has 1 fully saturated rings. The fourth-order valence-electron chi connectivity index (χ4n) is 2.02. The zero-order valence-corrected chi connectivity index (χ0v) is 11.3. The lowest BCUT2D eigenvalue weighted by atomic mass is 10.3. The number of fused-ring (bicyclic) bond motifs is 1. The van der Waals surface area contributed by atoms with Crippen LogP contribution in [0.4, 0.5) is 0 Å². The maximum Gasteiger partial charge on any atom is 0.146 e. The molecule has 2 aromatic rings. The summed E-state index contributed by atoms with van der Waals surface area (Å²) in [6, 6.07) is 7.65. The molecule has 6 heteroatoms. The molecule has 1 aliphatic heterocycles. The molecule has 96 valence electrons. The van der Waals surface area contributed by atoms with Crippen LogP contribution in [0.25, 0.3) is 11.0 Å². The molecule has 1 N–H and O–H groups in total. The molecule has 0 amide bonds. The van der Waals surface area contributed by atoms with E-state index in [-0.39, 0.29) is 17.7 Å². The highest BCUT2D eigenvalue weighted by molar-refractivity contribution is 7.85. The number of aromatic nitrogens is 2. The van der Waals surface area contributed by atoms with E-state index in [0.29, 0.717) is 5.03 Å². The predicted octanol–water partition coefficient (Wildman–Crippen LogP) is 1.52. The second kappa shape index (κ2) is 5.73. The van der Waals surface area contributed by atoms with Crippen molar-refractivity contribution in [2.24, 2.45) is 0 Å². The number of nitrogens with zero attached hydrogens (tertiary/aromatic N) is 2. The Balaban J connectivity index is 0.00000120. The van der Waals surface area contributed by atoms with Crippen molar-refractivity contribution < 1.29 is 4.21 Å².